The van der Waals surface area contributed by atoms with Gasteiger partial charge < -0.3 is 4.90 Å². The highest BCUT2D eigenvalue weighted by atomic mass is 32.2. The summed E-state index contributed by atoms with van der Waals surface area (Å²) in [6.07, 6.45) is 4.48. The van der Waals surface area contributed by atoms with Crippen LogP contribution in [0.25, 0.3) is 6.08 Å². The summed E-state index contributed by atoms with van der Waals surface area (Å²) in [6.45, 7) is 11.0. The van der Waals surface area contributed by atoms with Gasteiger partial charge in [-0.25, -0.2) is 0 Å². The van der Waals surface area contributed by atoms with Gasteiger partial charge in [-0.3, -0.25) is 19.1 Å². The summed E-state index contributed by atoms with van der Waals surface area (Å²) in [5.74, 6) is 1.66. The fraction of sp³-hybridized carbons (Fsp3) is 0.448. The van der Waals surface area contributed by atoms with Gasteiger partial charge in [0.1, 0.15) is 21.8 Å². The van der Waals surface area contributed by atoms with E-state index in [9.17, 15) is 14.9 Å². The first-order chi connectivity index (χ1) is 17.7. The Morgan fingerprint density at radius 3 is 2.43 bits per heavy atom. The second-order valence-electron chi connectivity index (χ2n) is 10.2. The lowest BCUT2D eigenvalue weighted by molar-refractivity contribution is -0.122. The lowest BCUT2D eigenvalue weighted by Crippen LogP contribution is -2.43. The molecule has 2 saturated heterocycles. The first kappa shape index (κ1) is 27.2. The summed E-state index contributed by atoms with van der Waals surface area (Å²) in [5, 5.41) is 9.88. The van der Waals surface area contributed by atoms with Gasteiger partial charge in [0.2, 0.25) is 0 Å². The average Bonchev–Trinajstić information content (AvgIpc) is 3.13. The molecule has 0 aliphatic carbocycles. The first-order valence-electron chi connectivity index (χ1n) is 13.0. The Bertz CT molecular complexity index is 1320. The number of piperidine rings is 1. The van der Waals surface area contributed by atoms with Gasteiger partial charge in [0, 0.05) is 31.7 Å². The van der Waals surface area contributed by atoms with Gasteiger partial charge in [0.25, 0.3) is 11.5 Å². The predicted molar refractivity (Wildman–Crippen MR) is 156 cm³/mol. The van der Waals surface area contributed by atoms with E-state index >= 15 is 0 Å². The number of pyridine rings is 1. The zero-order valence-corrected chi connectivity index (χ0v) is 23.6. The summed E-state index contributed by atoms with van der Waals surface area (Å²) in [6, 6.07) is 12.2. The zero-order chi connectivity index (χ0) is 26.7. The van der Waals surface area contributed by atoms with Crippen molar-refractivity contribution in [3.8, 4) is 6.07 Å². The number of thioether (sulfide) groups is 1. The van der Waals surface area contributed by atoms with Crippen molar-refractivity contribution in [1.29, 1.82) is 5.26 Å². The molecule has 37 heavy (non-hydrogen) atoms. The van der Waals surface area contributed by atoms with Crippen molar-refractivity contribution in [3.05, 3.63) is 67.8 Å². The number of nitrogens with zero attached hydrogens (tertiary/aromatic N) is 4. The molecule has 0 saturated carbocycles. The lowest BCUT2D eigenvalue weighted by atomic mass is 9.91. The number of amides is 1. The topological polar surface area (TPSA) is 69.3 Å². The van der Waals surface area contributed by atoms with E-state index in [0.29, 0.717) is 46.1 Å². The highest BCUT2D eigenvalue weighted by Crippen LogP contribution is 2.37. The van der Waals surface area contributed by atoms with Crippen LogP contribution in [0.15, 0.2) is 40.0 Å². The summed E-state index contributed by atoms with van der Waals surface area (Å²) in [7, 11) is 0. The quantitative estimate of drug-likeness (QED) is 0.352. The largest absolute Gasteiger partial charge is 0.357 e. The van der Waals surface area contributed by atoms with Crippen LogP contribution in [0.5, 0.6) is 0 Å². The molecule has 8 heteroatoms. The van der Waals surface area contributed by atoms with Crippen LogP contribution in [0.2, 0.25) is 0 Å². The van der Waals surface area contributed by atoms with Crippen LogP contribution in [0.4, 0.5) is 5.82 Å². The van der Waals surface area contributed by atoms with Crippen LogP contribution < -0.4 is 10.5 Å². The van der Waals surface area contributed by atoms with E-state index in [4.69, 9.17) is 12.2 Å². The first-order valence-corrected chi connectivity index (χ1v) is 14.2. The molecule has 2 unspecified atom stereocenters. The predicted octanol–water partition coefficient (Wildman–Crippen LogP) is 5.36. The van der Waals surface area contributed by atoms with Crippen LogP contribution in [-0.4, -0.2) is 39.3 Å². The highest BCUT2D eigenvalue weighted by molar-refractivity contribution is 8.26. The van der Waals surface area contributed by atoms with E-state index < -0.39 is 0 Å². The number of hydrogen-bond donors (Lipinski definition) is 0. The molecule has 2 aliphatic rings. The fourth-order valence-electron chi connectivity index (χ4n) is 5.46. The van der Waals surface area contributed by atoms with E-state index in [1.165, 1.54) is 11.8 Å². The minimum absolute atomic E-state index is 0.122. The third-order valence-corrected chi connectivity index (χ3v) is 8.46. The molecule has 194 valence electrons. The van der Waals surface area contributed by atoms with Crippen LogP contribution in [-0.2, 0) is 17.8 Å². The summed E-state index contributed by atoms with van der Waals surface area (Å²) < 4.78 is 2.28. The lowest BCUT2D eigenvalue weighted by Gasteiger charge is -2.39. The number of rotatable bonds is 7. The van der Waals surface area contributed by atoms with Gasteiger partial charge in [-0.15, -0.1) is 0 Å². The van der Waals surface area contributed by atoms with Crippen LogP contribution in [0, 0.1) is 30.1 Å². The molecule has 2 fully saturated rings. The van der Waals surface area contributed by atoms with Crippen molar-refractivity contribution in [2.24, 2.45) is 11.8 Å². The Kier molecular flexibility index (Phi) is 8.56. The van der Waals surface area contributed by atoms with Gasteiger partial charge in [-0.1, -0.05) is 75.1 Å². The summed E-state index contributed by atoms with van der Waals surface area (Å²) in [4.78, 5) is 31.4. The molecule has 1 amide bonds. The number of carbonyl (C=O) groups excluding carboxylic acids is 1. The number of thiocarbonyl (C=S) groups is 1. The maximum absolute atomic E-state index is 13.5. The van der Waals surface area contributed by atoms with Gasteiger partial charge in [-0.05, 0) is 55.2 Å². The smallest absolute Gasteiger partial charge is 0.270 e. The molecule has 0 N–H and O–H groups in total. The van der Waals surface area contributed by atoms with Crippen molar-refractivity contribution >= 4 is 46.1 Å². The maximum atomic E-state index is 13.5. The number of aromatic nitrogens is 1. The van der Waals surface area contributed by atoms with E-state index in [-0.39, 0.29) is 17.0 Å². The summed E-state index contributed by atoms with van der Waals surface area (Å²) in [5.41, 5.74) is 2.43. The zero-order valence-electron chi connectivity index (χ0n) is 22.0. The third kappa shape index (κ3) is 5.68. The molecule has 4 rings (SSSR count). The van der Waals surface area contributed by atoms with Crippen LogP contribution >= 0.6 is 24.0 Å². The second-order valence-corrected chi connectivity index (χ2v) is 11.9. The fourth-order valence-corrected chi connectivity index (χ4v) is 6.75. The van der Waals surface area contributed by atoms with Crippen molar-refractivity contribution in [2.75, 3.05) is 24.5 Å². The van der Waals surface area contributed by atoms with Gasteiger partial charge in [0.15, 0.2) is 0 Å². The van der Waals surface area contributed by atoms with E-state index in [1.807, 2.05) is 50.3 Å². The number of hydrogen-bond acceptors (Lipinski definition) is 6. The van der Waals surface area contributed by atoms with E-state index in [0.717, 1.165) is 42.9 Å². The molecular formula is C29H34N4O2S2. The normalized spacial score (nSPS) is 21.1. The van der Waals surface area contributed by atoms with E-state index in [2.05, 4.69) is 24.8 Å². The average molecular weight is 535 g/mol. The van der Waals surface area contributed by atoms with Crippen molar-refractivity contribution in [2.45, 2.75) is 53.5 Å². The SMILES string of the molecule is CCCn1c(N2CC(C)CC(C)C2)c(/C=C2/SC(=S)N(CCc3ccccc3)C2=O)c(C)c(C#N)c1=O. The Balaban J connectivity index is 1.78. The molecule has 2 atom stereocenters. The van der Waals surface area contributed by atoms with E-state index in [1.54, 1.807) is 9.47 Å². The summed E-state index contributed by atoms with van der Waals surface area (Å²) >= 11 is 6.89. The Hall–Kier alpha value is -2.89. The molecule has 1 aromatic carbocycles. The van der Waals surface area contributed by atoms with Crippen molar-refractivity contribution in [1.82, 2.24) is 9.47 Å². The molecular weight excluding hydrogens is 500 g/mol. The second kappa shape index (κ2) is 11.7. The maximum Gasteiger partial charge on any atom is 0.270 e. The van der Waals surface area contributed by atoms with Gasteiger partial charge in [-0.2, -0.15) is 5.26 Å². The Labute approximate surface area is 229 Å². The monoisotopic (exact) mass is 534 g/mol. The molecule has 2 aliphatic heterocycles. The number of benzene rings is 1. The number of carbonyl (C=O) groups is 1. The third-order valence-electron chi connectivity index (χ3n) is 7.08. The molecule has 1 aromatic heterocycles. The Morgan fingerprint density at radius 1 is 1.14 bits per heavy atom. The highest BCUT2D eigenvalue weighted by Gasteiger charge is 2.34. The number of nitriles is 1. The van der Waals surface area contributed by atoms with Crippen LogP contribution in [0.3, 0.4) is 0 Å². The minimum Gasteiger partial charge on any atom is -0.357 e. The molecule has 3 heterocycles. The Morgan fingerprint density at radius 2 is 1.81 bits per heavy atom. The minimum atomic E-state index is -0.254. The molecule has 0 spiro atoms. The number of anilines is 1. The standard InChI is InChI=1S/C29H34N4O2S2/c1-5-12-32-26(31-17-19(2)14-20(3)18-31)23(21(4)24(16-30)27(32)34)15-25-28(35)33(29(36)37-25)13-11-22-9-7-6-8-10-22/h6-10,15,19-20H,5,11-14,17-18H2,1-4H3/b25-15+. The van der Waals surface area contributed by atoms with Crippen molar-refractivity contribution in [3.63, 3.8) is 0 Å². The molecule has 0 bridgehead atoms. The molecule has 0 radical (unpaired) electrons. The van der Waals surface area contributed by atoms with Crippen molar-refractivity contribution < 1.29 is 4.79 Å². The van der Waals surface area contributed by atoms with Crippen LogP contribution in [0.1, 0.15) is 55.9 Å². The van der Waals surface area contributed by atoms with Gasteiger partial charge >= 0.3 is 0 Å². The molecule has 2 aromatic rings. The molecule has 6 nitrogen and oxygen atoms in total. The van der Waals surface area contributed by atoms with Gasteiger partial charge in [0.05, 0.1) is 4.91 Å².